The monoisotopic (exact) mass is 443 g/mol. The largest absolute Gasteiger partial charge is 0.495 e. The van der Waals surface area contributed by atoms with E-state index in [0.717, 1.165) is 5.56 Å². The lowest BCUT2D eigenvalue weighted by Crippen LogP contribution is -2.44. The van der Waals surface area contributed by atoms with E-state index in [1.165, 1.54) is 11.3 Å². The van der Waals surface area contributed by atoms with Gasteiger partial charge in [0.15, 0.2) is 0 Å². The summed E-state index contributed by atoms with van der Waals surface area (Å²) < 4.78 is 5.41. The highest BCUT2D eigenvalue weighted by Gasteiger charge is 2.39. The van der Waals surface area contributed by atoms with Crippen molar-refractivity contribution in [3.63, 3.8) is 0 Å². The first-order valence-corrected chi connectivity index (χ1v) is 11.1. The summed E-state index contributed by atoms with van der Waals surface area (Å²) in [5.74, 6) is -0.110. The van der Waals surface area contributed by atoms with Crippen LogP contribution in [0.15, 0.2) is 23.7 Å². The molecule has 2 aliphatic heterocycles. The van der Waals surface area contributed by atoms with Crippen LogP contribution in [0.1, 0.15) is 24.8 Å². The van der Waals surface area contributed by atoms with E-state index >= 15 is 0 Å². The number of hydrogen-bond acceptors (Lipinski definition) is 7. The Balaban J connectivity index is 1.35. The van der Waals surface area contributed by atoms with Gasteiger partial charge in [-0.15, -0.1) is 10.2 Å². The summed E-state index contributed by atoms with van der Waals surface area (Å²) >= 11 is 1.28. The second-order valence-electron chi connectivity index (χ2n) is 7.91. The van der Waals surface area contributed by atoms with Crippen LogP contribution in [0.25, 0.3) is 0 Å². The molecule has 9 nitrogen and oxygen atoms in total. The summed E-state index contributed by atoms with van der Waals surface area (Å²) in [5.41, 5.74) is 3.29. The molecule has 0 bridgehead atoms. The molecule has 2 aliphatic rings. The van der Waals surface area contributed by atoms with Crippen molar-refractivity contribution in [2.75, 3.05) is 37.0 Å². The summed E-state index contributed by atoms with van der Waals surface area (Å²) in [4.78, 5) is 41.6. The van der Waals surface area contributed by atoms with Gasteiger partial charge in [-0.2, -0.15) is 0 Å². The number of anilines is 2. The number of methoxy groups -OCH3 is 1. The number of amides is 3. The highest BCUT2D eigenvalue weighted by atomic mass is 32.1. The van der Waals surface area contributed by atoms with Gasteiger partial charge in [-0.3, -0.25) is 14.4 Å². The molecule has 0 aliphatic carbocycles. The van der Waals surface area contributed by atoms with E-state index in [-0.39, 0.29) is 36.0 Å². The molecule has 1 unspecified atom stereocenters. The van der Waals surface area contributed by atoms with Crippen molar-refractivity contribution in [2.24, 2.45) is 11.8 Å². The summed E-state index contributed by atoms with van der Waals surface area (Å²) in [6, 6.07) is 5.67. The number of piperidine rings is 1. The lowest BCUT2D eigenvalue weighted by atomic mass is 9.94. The lowest BCUT2D eigenvalue weighted by molar-refractivity contribution is -0.138. The number of carbonyl (C=O) groups is 3. The minimum absolute atomic E-state index is 0.0227. The van der Waals surface area contributed by atoms with E-state index < -0.39 is 0 Å². The Morgan fingerprint density at radius 3 is 2.68 bits per heavy atom. The molecule has 1 aromatic carbocycles. The average molecular weight is 444 g/mol. The molecule has 2 aromatic rings. The zero-order chi connectivity index (χ0) is 22.0. The van der Waals surface area contributed by atoms with Gasteiger partial charge in [0, 0.05) is 32.0 Å². The van der Waals surface area contributed by atoms with E-state index in [2.05, 4.69) is 15.5 Å². The Morgan fingerprint density at radius 2 is 2.00 bits per heavy atom. The predicted octanol–water partition coefficient (Wildman–Crippen LogP) is 2.09. The first-order valence-electron chi connectivity index (χ1n) is 10.3. The third kappa shape index (κ3) is 4.53. The van der Waals surface area contributed by atoms with Crippen LogP contribution in [0.2, 0.25) is 0 Å². The normalized spacial score (nSPS) is 19.5. The van der Waals surface area contributed by atoms with Crippen molar-refractivity contribution < 1.29 is 19.1 Å². The molecule has 1 atom stereocenters. The number of nitrogens with one attached hydrogen (secondary N) is 1. The van der Waals surface area contributed by atoms with Crippen molar-refractivity contribution >= 4 is 39.9 Å². The fourth-order valence-electron chi connectivity index (χ4n) is 4.17. The maximum atomic E-state index is 13.1. The molecule has 3 heterocycles. The standard InChI is InChI=1S/C21H25N5O4S/c1-13-3-4-17(30-2)16(9-13)26-11-15(10-18(26)27)20(29)25-7-5-14(6-8-25)19(28)23-21-24-22-12-31-21/h3-4,9,12,14-15H,5-8,10-11H2,1-2H3,(H,23,24,28). The van der Waals surface area contributed by atoms with Crippen molar-refractivity contribution in [3.05, 3.63) is 29.3 Å². The van der Waals surface area contributed by atoms with E-state index in [9.17, 15) is 14.4 Å². The van der Waals surface area contributed by atoms with Crippen LogP contribution >= 0.6 is 11.3 Å². The van der Waals surface area contributed by atoms with Crippen LogP contribution in [-0.4, -0.2) is 59.6 Å². The molecule has 3 amide bonds. The molecular weight excluding hydrogens is 418 g/mol. The predicted molar refractivity (Wildman–Crippen MR) is 116 cm³/mol. The van der Waals surface area contributed by atoms with Crippen LogP contribution in [0.4, 0.5) is 10.8 Å². The van der Waals surface area contributed by atoms with Gasteiger partial charge in [0.25, 0.3) is 0 Å². The van der Waals surface area contributed by atoms with Gasteiger partial charge in [-0.05, 0) is 37.5 Å². The van der Waals surface area contributed by atoms with Gasteiger partial charge >= 0.3 is 0 Å². The van der Waals surface area contributed by atoms with Crippen molar-refractivity contribution in [1.29, 1.82) is 0 Å². The zero-order valence-corrected chi connectivity index (χ0v) is 18.4. The molecule has 1 aromatic heterocycles. The molecule has 1 N–H and O–H groups in total. The van der Waals surface area contributed by atoms with Crippen LogP contribution in [0.5, 0.6) is 5.75 Å². The second-order valence-corrected chi connectivity index (χ2v) is 8.75. The third-order valence-corrected chi connectivity index (χ3v) is 6.47. The van der Waals surface area contributed by atoms with Crippen LogP contribution in [-0.2, 0) is 14.4 Å². The van der Waals surface area contributed by atoms with E-state index in [0.29, 0.717) is 49.0 Å². The van der Waals surface area contributed by atoms with Crippen molar-refractivity contribution in [1.82, 2.24) is 15.1 Å². The molecule has 0 saturated carbocycles. The number of carbonyl (C=O) groups excluding carboxylic acids is 3. The van der Waals surface area contributed by atoms with Gasteiger partial charge in [-0.1, -0.05) is 17.4 Å². The Labute approximate surface area is 184 Å². The summed E-state index contributed by atoms with van der Waals surface area (Å²) in [6.45, 7) is 3.31. The SMILES string of the molecule is COc1ccc(C)cc1N1CC(C(=O)N2CCC(C(=O)Nc3nncs3)CC2)CC1=O. The first-order chi connectivity index (χ1) is 15.0. The first kappa shape index (κ1) is 21.2. The fraction of sp³-hybridized carbons (Fsp3) is 0.476. The Kier molecular flexibility index (Phi) is 6.17. The van der Waals surface area contributed by atoms with Crippen LogP contribution in [0.3, 0.4) is 0 Å². The molecule has 2 saturated heterocycles. The molecule has 164 valence electrons. The molecule has 10 heteroatoms. The number of ether oxygens (including phenoxy) is 1. The Hall–Kier alpha value is -3.01. The topological polar surface area (TPSA) is 105 Å². The van der Waals surface area contributed by atoms with Gasteiger partial charge < -0.3 is 19.9 Å². The lowest BCUT2D eigenvalue weighted by Gasteiger charge is -2.32. The number of likely N-dealkylation sites (tertiary alicyclic amines) is 1. The molecular formula is C21H25N5O4S. The second kappa shape index (κ2) is 9.01. The maximum absolute atomic E-state index is 13.1. The molecule has 2 fully saturated rings. The van der Waals surface area contributed by atoms with Crippen LogP contribution < -0.4 is 15.0 Å². The van der Waals surface area contributed by atoms with E-state index in [1.54, 1.807) is 22.4 Å². The molecule has 31 heavy (non-hydrogen) atoms. The third-order valence-electron chi connectivity index (χ3n) is 5.87. The number of nitrogens with zero attached hydrogens (tertiary/aromatic N) is 4. The van der Waals surface area contributed by atoms with E-state index in [4.69, 9.17) is 4.74 Å². The molecule has 0 spiro atoms. The average Bonchev–Trinajstić information content (AvgIpc) is 3.42. The van der Waals surface area contributed by atoms with Crippen molar-refractivity contribution in [3.8, 4) is 5.75 Å². The summed E-state index contributed by atoms with van der Waals surface area (Å²) in [6.07, 6.45) is 1.37. The zero-order valence-electron chi connectivity index (χ0n) is 17.5. The fourth-order valence-corrected chi connectivity index (χ4v) is 4.62. The van der Waals surface area contributed by atoms with Crippen molar-refractivity contribution in [2.45, 2.75) is 26.2 Å². The maximum Gasteiger partial charge on any atom is 0.229 e. The number of aryl methyl sites for hydroxylation is 1. The highest BCUT2D eigenvalue weighted by molar-refractivity contribution is 7.13. The quantitative estimate of drug-likeness (QED) is 0.759. The van der Waals surface area contributed by atoms with E-state index in [1.807, 2.05) is 25.1 Å². The Morgan fingerprint density at radius 1 is 1.23 bits per heavy atom. The smallest absolute Gasteiger partial charge is 0.229 e. The number of aromatic nitrogens is 2. The number of rotatable bonds is 5. The highest BCUT2D eigenvalue weighted by Crippen LogP contribution is 2.34. The molecule has 0 radical (unpaired) electrons. The van der Waals surface area contributed by atoms with Crippen LogP contribution in [0, 0.1) is 18.8 Å². The summed E-state index contributed by atoms with van der Waals surface area (Å²) in [5, 5.41) is 10.8. The van der Waals surface area contributed by atoms with Gasteiger partial charge in [0.2, 0.25) is 22.9 Å². The van der Waals surface area contributed by atoms with Gasteiger partial charge in [0.05, 0.1) is 18.7 Å². The Bertz CT molecular complexity index is 972. The number of benzene rings is 1. The van der Waals surface area contributed by atoms with Gasteiger partial charge in [-0.25, -0.2) is 0 Å². The minimum atomic E-state index is -0.385. The summed E-state index contributed by atoms with van der Waals surface area (Å²) in [7, 11) is 1.57. The minimum Gasteiger partial charge on any atom is -0.495 e. The molecule has 4 rings (SSSR count). The van der Waals surface area contributed by atoms with Gasteiger partial charge in [0.1, 0.15) is 11.3 Å². The number of hydrogen-bond donors (Lipinski definition) is 1.